The zero-order chi connectivity index (χ0) is 20.9. The summed E-state index contributed by atoms with van der Waals surface area (Å²) in [7, 11) is 0. The molecule has 2 aromatic rings. The highest BCUT2D eigenvalue weighted by Crippen LogP contribution is 2.24. The van der Waals surface area contributed by atoms with Crippen molar-refractivity contribution in [2.45, 2.75) is 24.3 Å². The number of amides is 2. The molecule has 2 aliphatic heterocycles. The predicted molar refractivity (Wildman–Crippen MR) is 114 cm³/mol. The number of nitrogens with one attached hydrogen (secondary N) is 1. The molecule has 4 rings (SSSR count). The average molecular weight is 429 g/mol. The molecule has 158 valence electrons. The van der Waals surface area contributed by atoms with Crippen molar-refractivity contribution in [3.05, 3.63) is 65.7 Å². The molecule has 2 saturated heterocycles. The zero-order valence-electron chi connectivity index (χ0n) is 16.7. The number of nitrogens with zero attached hydrogens (tertiary/aromatic N) is 3. The highest BCUT2D eigenvalue weighted by Gasteiger charge is 2.35. The van der Waals surface area contributed by atoms with Crippen LogP contribution in [0.15, 0.2) is 48.7 Å². The molecule has 6 nitrogen and oxygen atoms in total. The Labute approximate surface area is 179 Å². The number of piperazine rings is 1. The fourth-order valence-corrected chi connectivity index (χ4v) is 4.98. The van der Waals surface area contributed by atoms with Gasteiger partial charge in [0.1, 0.15) is 11.9 Å². The van der Waals surface area contributed by atoms with Crippen LogP contribution in [-0.2, 0) is 22.6 Å². The van der Waals surface area contributed by atoms with E-state index < -0.39 is 6.04 Å². The highest BCUT2D eigenvalue weighted by atomic mass is 32.2. The van der Waals surface area contributed by atoms with Crippen LogP contribution in [0, 0.1) is 5.82 Å². The number of pyridine rings is 1. The second kappa shape index (κ2) is 9.57. The van der Waals surface area contributed by atoms with Gasteiger partial charge in [0.25, 0.3) is 0 Å². The van der Waals surface area contributed by atoms with E-state index in [-0.39, 0.29) is 22.9 Å². The number of aromatic nitrogens is 1. The van der Waals surface area contributed by atoms with Crippen molar-refractivity contribution in [1.82, 2.24) is 20.1 Å². The first-order chi connectivity index (χ1) is 14.6. The molecule has 1 aromatic heterocycles. The maximum atomic E-state index is 13.9. The Morgan fingerprint density at radius 3 is 2.60 bits per heavy atom. The molecular formula is C22H25FN4O2S. The summed E-state index contributed by atoms with van der Waals surface area (Å²) < 4.78 is 13.9. The quantitative estimate of drug-likeness (QED) is 0.786. The standard InChI is InChI=1S/C22H25FN4O2S/c23-18-7-2-1-5-16(18)13-20-21(28)25-19(15-30-20)22(29)27-11-9-26(10-12-27)14-17-6-3-4-8-24-17/h1-8,19-20H,9-15H2,(H,25,28)/t19-,20-/m1/s1. The summed E-state index contributed by atoms with van der Waals surface area (Å²) in [5.41, 5.74) is 1.55. The van der Waals surface area contributed by atoms with E-state index in [0.29, 0.717) is 30.8 Å². The summed E-state index contributed by atoms with van der Waals surface area (Å²) in [5.74, 6) is -0.00956. The lowest BCUT2D eigenvalue weighted by Crippen LogP contribution is -2.58. The molecule has 0 spiro atoms. The summed E-state index contributed by atoms with van der Waals surface area (Å²) in [5, 5.41) is 2.48. The first-order valence-electron chi connectivity index (χ1n) is 10.2. The van der Waals surface area contributed by atoms with Gasteiger partial charge in [0.05, 0.1) is 10.9 Å². The smallest absolute Gasteiger partial charge is 0.246 e. The molecule has 0 aliphatic carbocycles. The van der Waals surface area contributed by atoms with Crippen LogP contribution in [0.25, 0.3) is 0 Å². The summed E-state index contributed by atoms with van der Waals surface area (Å²) >= 11 is 1.43. The molecule has 1 aromatic carbocycles. The van der Waals surface area contributed by atoms with Crippen molar-refractivity contribution in [1.29, 1.82) is 0 Å². The number of thioether (sulfide) groups is 1. The Hall–Kier alpha value is -2.45. The van der Waals surface area contributed by atoms with E-state index >= 15 is 0 Å². The first kappa shape index (κ1) is 20.8. The van der Waals surface area contributed by atoms with Crippen molar-refractivity contribution >= 4 is 23.6 Å². The number of benzene rings is 1. The third kappa shape index (κ3) is 4.99. The highest BCUT2D eigenvalue weighted by molar-refractivity contribution is 8.00. The SMILES string of the molecule is O=C1N[C@@H](C(=O)N2CCN(Cc3ccccn3)CC2)CS[C@@H]1Cc1ccccc1F. The van der Waals surface area contributed by atoms with Crippen LogP contribution in [0.5, 0.6) is 0 Å². The molecule has 2 aliphatic rings. The minimum Gasteiger partial charge on any atom is -0.343 e. The van der Waals surface area contributed by atoms with Gasteiger partial charge in [-0.05, 0) is 30.2 Å². The summed E-state index contributed by atoms with van der Waals surface area (Å²) in [6.45, 7) is 3.62. The Morgan fingerprint density at radius 1 is 1.13 bits per heavy atom. The zero-order valence-corrected chi connectivity index (χ0v) is 17.5. The lowest BCUT2D eigenvalue weighted by Gasteiger charge is -2.37. The lowest BCUT2D eigenvalue weighted by molar-refractivity contribution is -0.137. The summed E-state index contributed by atoms with van der Waals surface area (Å²) in [6.07, 6.45) is 2.12. The molecule has 3 heterocycles. The van der Waals surface area contributed by atoms with Gasteiger partial charge in [0, 0.05) is 44.7 Å². The number of hydrogen-bond acceptors (Lipinski definition) is 5. The minimum atomic E-state index is -0.512. The summed E-state index contributed by atoms with van der Waals surface area (Å²) in [6, 6.07) is 11.9. The molecular weight excluding hydrogens is 403 g/mol. The van der Waals surface area contributed by atoms with Crippen LogP contribution in [0.4, 0.5) is 4.39 Å². The van der Waals surface area contributed by atoms with Gasteiger partial charge in [0.15, 0.2) is 0 Å². The molecule has 0 saturated carbocycles. The molecule has 2 amide bonds. The van der Waals surface area contributed by atoms with E-state index in [1.54, 1.807) is 24.4 Å². The molecule has 0 unspecified atom stereocenters. The molecule has 0 bridgehead atoms. The number of carbonyl (C=O) groups excluding carboxylic acids is 2. The van der Waals surface area contributed by atoms with Gasteiger partial charge in [0.2, 0.25) is 11.8 Å². The predicted octanol–water partition coefficient (Wildman–Crippen LogP) is 1.71. The van der Waals surface area contributed by atoms with Crippen molar-refractivity contribution in [3.8, 4) is 0 Å². The van der Waals surface area contributed by atoms with Gasteiger partial charge in [-0.2, -0.15) is 0 Å². The summed E-state index contributed by atoms with van der Waals surface area (Å²) in [4.78, 5) is 33.9. The van der Waals surface area contributed by atoms with E-state index in [1.165, 1.54) is 17.8 Å². The normalized spacial score (nSPS) is 22.6. The van der Waals surface area contributed by atoms with Gasteiger partial charge in [-0.15, -0.1) is 11.8 Å². The molecule has 1 N–H and O–H groups in total. The number of hydrogen-bond donors (Lipinski definition) is 1. The fraction of sp³-hybridized carbons (Fsp3) is 0.409. The maximum absolute atomic E-state index is 13.9. The topological polar surface area (TPSA) is 65.5 Å². The number of halogens is 1. The second-order valence-corrected chi connectivity index (χ2v) is 8.84. The lowest BCUT2D eigenvalue weighted by atomic mass is 10.1. The van der Waals surface area contributed by atoms with E-state index in [9.17, 15) is 14.0 Å². The van der Waals surface area contributed by atoms with Crippen molar-refractivity contribution < 1.29 is 14.0 Å². The largest absolute Gasteiger partial charge is 0.343 e. The molecule has 2 fully saturated rings. The molecule has 2 atom stereocenters. The van der Waals surface area contributed by atoms with E-state index in [0.717, 1.165) is 25.3 Å². The van der Waals surface area contributed by atoms with Crippen molar-refractivity contribution in [3.63, 3.8) is 0 Å². The first-order valence-corrected chi connectivity index (χ1v) is 11.2. The van der Waals surface area contributed by atoms with Gasteiger partial charge < -0.3 is 10.2 Å². The van der Waals surface area contributed by atoms with E-state index in [4.69, 9.17) is 0 Å². The monoisotopic (exact) mass is 428 g/mol. The third-order valence-electron chi connectivity index (χ3n) is 5.53. The van der Waals surface area contributed by atoms with Crippen LogP contribution in [-0.4, -0.2) is 69.8 Å². The van der Waals surface area contributed by atoms with E-state index in [2.05, 4.69) is 15.2 Å². The van der Waals surface area contributed by atoms with Crippen molar-refractivity contribution in [2.75, 3.05) is 31.9 Å². The van der Waals surface area contributed by atoms with Crippen LogP contribution >= 0.6 is 11.8 Å². The van der Waals surface area contributed by atoms with Crippen molar-refractivity contribution in [2.24, 2.45) is 0 Å². The van der Waals surface area contributed by atoms with E-state index in [1.807, 2.05) is 23.1 Å². The molecule has 0 radical (unpaired) electrons. The minimum absolute atomic E-state index is 0.0299. The van der Waals surface area contributed by atoms with Crippen LogP contribution in [0.2, 0.25) is 0 Å². The van der Waals surface area contributed by atoms with Gasteiger partial charge in [-0.3, -0.25) is 19.5 Å². The Bertz CT molecular complexity index is 890. The van der Waals surface area contributed by atoms with Crippen LogP contribution in [0.1, 0.15) is 11.3 Å². The molecule has 30 heavy (non-hydrogen) atoms. The third-order valence-corrected chi connectivity index (χ3v) is 6.84. The Balaban J connectivity index is 1.26. The van der Waals surface area contributed by atoms with Crippen LogP contribution < -0.4 is 5.32 Å². The average Bonchev–Trinajstić information content (AvgIpc) is 2.77. The second-order valence-electron chi connectivity index (χ2n) is 7.60. The van der Waals surface area contributed by atoms with Gasteiger partial charge >= 0.3 is 0 Å². The Morgan fingerprint density at radius 2 is 1.90 bits per heavy atom. The van der Waals surface area contributed by atoms with Gasteiger partial charge in [-0.25, -0.2) is 4.39 Å². The fourth-order valence-electron chi connectivity index (χ4n) is 3.81. The Kier molecular flexibility index (Phi) is 6.64. The van der Waals surface area contributed by atoms with Crippen LogP contribution in [0.3, 0.4) is 0 Å². The van der Waals surface area contributed by atoms with Gasteiger partial charge in [-0.1, -0.05) is 24.3 Å². The maximum Gasteiger partial charge on any atom is 0.246 e. The number of carbonyl (C=O) groups is 2. The number of rotatable bonds is 5. The molecule has 8 heteroatoms.